The average molecular weight is 304 g/mol. The van der Waals surface area contributed by atoms with E-state index in [1.165, 1.54) is 12.1 Å². The number of hydrogen-bond acceptors (Lipinski definition) is 3. The topological polar surface area (TPSA) is 115 Å². The third kappa shape index (κ3) is 4.42. The maximum Gasteiger partial charge on any atom is 0.249 e. The number of nitrogens with one attached hydrogen (secondary N) is 1. The summed E-state index contributed by atoms with van der Waals surface area (Å²) in [6.07, 6.45) is -0.0893. The highest BCUT2D eigenvalue weighted by atomic mass is 35.5. The molecule has 0 aromatic heterocycles. The maximum atomic E-state index is 11.6. The quantitative estimate of drug-likeness (QED) is 0.664. The molecule has 0 saturated heterocycles. The number of carbonyl (C=O) groups is 3. The SMILES string of the molecule is NC(=O)C(NC(=O)Cc1ccc(Cl)c(Cl)c1)C(N)=O. The molecule has 0 spiro atoms. The van der Waals surface area contributed by atoms with E-state index in [1.54, 1.807) is 6.07 Å². The van der Waals surface area contributed by atoms with Gasteiger partial charge < -0.3 is 16.8 Å². The minimum absolute atomic E-state index is 0.0893. The third-order valence-corrected chi connectivity index (χ3v) is 2.96. The Bertz CT molecular complexity index is 520. The normalized spacial score (nSPS) is 10.3. The molecule has 5 N–H and O–H groups in total. The van der Waals surface area contributed by atoms with Crippen molar-refractivity contribution in [2.24, 2.45) is 11.5 Å². The van der Waals surface area contributed by atoms with Gasteiger partial charge in [0.2, 0.25) is 17.7 Å². The Morgan fingerprint density at radius 1 is 1.11 bits per heavy atom. The van der Waals surface area contributed by atoms with E-state index in [0.717, 1.165) is 0 Å². The molecule has 19 heavy (non-hydrogen) atoms. The summed E-state index contributed by atoms with van der Waals surface area (Å²) >= 11 is 11.5. The van der Waals surface area contributed by atoms with E-state index in [2.05, 4.69) is 5.32 Å². The van der Waals surface area contributed by atoms with Crippen LogP contribution >= 0.6 is 23.2 Å². The van der Waals surface area contributed by atoms with Crippen LogP contribution in [0.25, 0.3) is 0 Å². The maximum absolute atomic E-state index is 11.6. The van der Waals surface area contributed by atoms with Crippen molar-refractivity contribution in [3.8, 4) is 0 Å². The average Bonchev–Trinajstić information content (AvgIpc) is 2.30. The predicted molar refractivity (Wildman–Crippen MR) is 70.5 cm³/mol. The van der Waals surface area contributed by atoms with E-state index in [9.17, 15) is 14.4 Å². The van der Waals surface area contributed by atoms with Gasteiger partial charge in [-0.3, -0.25) is 14.4 Å². The third-order valence-electron chi connectivity index (χ3n) is 2.22. The molecule has 0 bridgehead atoms. The Morgan fingerprint density at radius 3 is 2.16 bits per heavy atom. The molecule has 0 aliphatic heterocycles. The van der Waals surface area contributed by atoms with E-state index in [1.807, 2.05) is 0 Å². The second kappa shape index (κ2) is 6.40. The molecule has 0 heterocycles. The fourth-order valence-corrected chi connectivity index (χ4v) is 1.65. The lowest BCUT2D eigenvalue weighted by Crippen LogP contribution is -2.52. The van der Waals surface area contributed by atoms with Crippen molar-refractivity contribution in [2.75, 3.05) is 0 Å². The number of rotatable bonds is 5. The number of benzene rings is 1. The molecule has 0 atom stereocenters. The molecule has 1 aromatic rings. The van der Waals surface area contributed by atoms with Crippen LogP contribution in [0.5, 0.6) is 0 Å². The Labute approximate surface area is 119 Å². The Morgan fingerprint density at radius 2 is 1.68 bits per heavy atom. The molecule has 0 aliphatic rings. The highest BCUT2D eigenvalue weighted by Gasteiger charge is 2.23. The summed E-state index contributed by atoms with van der Waals surface area (Å²) in [5.74, 6) is -2.62. The second-order valence-electron chi connectivity index (χ2n) is 3.73. The van der Waals surface area contributed by atoms with Crippen LogP contribution in [0.4, 0.5) is 0 Å². The van der Waals surface area contributed by atoms with Crippen LogP contribution in [0.1, 0.15) is 5.56 Å². The van der Waals surface area contributed by atoms with Crippen LogP contribution in [0.3, 0.4) is 0 Å². The Balaban J connectivity index is 2.71. The molecule has 0 aliphatic carbocycles. The smallest absolute Gasteiger partial charge is 0.249 e. The van der Waals surface area contributed by atoms with Gasteiger partial charge in [-0.25, -0.2) is 0 Å². The van der Waals surface area contributed by atoms with Crippen molar-refractivity contribution in [3.05, 3.63) is 33.8 Å². The molecule has 3 amide bonds. The van der Waals surface area contributed by atoms with E-state index < -0.39 is 23.8 Å². The van der Waals surface area contributed by atoms with Crippen LogP contribution in [-0.2, 0) is 20.8 Å². The lowest BCUT2D eigenvalue weighted by molar-refractivity contribution is -0.133. The van der Waals surface area contributed by atoms with Crippen molar-refractivity contribution >= 4 is 40.9 Å². The standard InChI is InChI=1S/C11H11Cl2N3O3/c12-6-2-1-5(3-7(6)13)4-8(17)16-9(10(14)18)11(15)19/h1-3,9H,4H2,(H2,14,18)(H2,15,19)(H,16,17). The van der Waals surface area contributed by atoms with Crippen LogP contribution in [0.2, 0.25) is 10.0 Å². The van der Waals surface area contributed by atoms with Gasteiger partial charge in [-0.1, -0.05) is 29.3 Å². The molecular weight excluding hydrogens is 293 g/mol. The van der Waals surface area contributed by atoms with Gasteiger partial charge in [0.15, 0.2) is 6.04 Å². The molecule has 1 aromatic carbocycles. The number of hydrogen-bond donors (Lipinski definition) is 3. The summed E-state index contributed by atoms with van der Waals surface area (Å²) in [6.45, 7) is 0. The minimum Gasteiger partial charge on any atom is -0.367 e. The molecular formula is C11H11Cl2N3O3. The largest absolute Gasteiger partial charge is 0.367 e. The van der Waals surface area contributed by atoms with Crippen LogP contribution in [0.15, 0.2) is 18.2 Å². The molecule has 0 fully saturated rings. The van der Waals surface area contributed by atoms with Gasteiger partial charge in [0.05, 0.1) is 16.5 Å². The molecule has 8 heteroatoms. The lowest BCUT2D eigenvalue weighted by Gasteiger charge is -2.11. The highest BCUT2D eigenvalue weighted by Crippen LogP contribution is 2.22. The van der Waals surface area contributed by atoms with Crippen molar-refractivity contribution in [1.29, 1.82) is 0 Å². The minimum atomic E-state index is -1.53. The first-order valence-electron chi connectivity index (χ1n) is 5.13. The monoisotopic (exact) mass is 303 g/mol. The molecule has 0 unspecified atom stereocenters. The van der Waals surface area contributed by atoms with Crippen molar-refractivity contribution < 1.29 is 14.4 Å². The van der Waals surface area contributed by atoms with Crippen molar-refractivity contribution in [3.63, 3.8) is 0 Å². The molecule has 102 valence electrons. The Kier molecular flexibility index (Phi) is 5.14. The van der Waals surface area contributed by atoms with E-state index in [-0.39, 0.29) is 6.42 Å². The van der Waals surface area contributed by atoms with E-state index >= 15 is 0 Å². The zero-order valence-electron chi connectivity index (χ0n) is 9.65. The number of carbonyl (C=O) groups excluding carboxylic acids is 3. The summed E-state index contributed by atoms with van der Waals surface area (Å²) in [6, 6.07) is 3.10. The summed E-state index contributed by atoms with van der Waals surface area (Å²) in [5, 5.41) is 2.79. The number of halogens is 2. The zero-order chi connectivity index (χ0) is 14.6. The van der Waals surface area contributed by atoms with Gasteiger partial charge in [0, 0.05) is 0 Å². The van der Waals surface area contributed by atoms with E-state index in [0.29, 0.717) is 15.6 Å². The molecule has 6 nitrogen and oxygen atoms in total. The first-order valence-corrected chi connectivity index (χ1v) is 5.88. The van der Waals surface area contributed by atoms with E-state index in [4.69, 9.17) is 34.7 Å². The number of nitrogens with two attached hydrogens (primary N) is 2. The van der Waals surface area contributed by atoms with Gasteiger partial charge in [-0.05, 0) is 17.7 Å². The fraction of sp³-hybridized carbons (Fsp3) is 0.182. The molecule has 0 saturated carbocycles. The number of amides is 3. The fourth-order valence-electron chi connectivity index (χ4n) is 1.33. The highest BCUT2D eigenvalue weighted by molar-refractivity contribution is 6.42. The Hall–Kier alpha value is -1.79. The molecule has 1 rings (SSSR count). The van der Waals surface area contributed by atoms with Gasteiger partial charge in [0.25, 0.3) is 0 Å². The van der Waals surface area contributed by atoms with Crippen LogP contribution in [0, 0.1) is 0 Å². The van der Waals surface area contributed by atoms with Crippen molar-refractivity contribution in [1.82, 2.24) is 5.32 Å². The predicted octanol–water partition coefficient (Wildman–Crippen LogP) is -0.00870. The first kappa shape index (κ1) is 15.3. The van der Waals surface area contributed by atoms with Gasteiger partial charge in [-0.15, -0.1) is 0 Å². The van der Waals surface area contributed by atoms with Crippen LogP contribution in [-0.4, -0.2) is 23.8 Å². The molecule has 0 radical (unpaired) electrons. The van der Waals surface area contributed by atoms with Crippen molar-refractivity contribution in [2.45, 2.75) is 12.5 Å². The summed E-state index contributed by atoms with van der Waals surface area (Å²) in [7, 11) is 0. The summed E-state index contributed by atoms with van der Waals surface area (Å²) in [5.41, 5.74) is 10.4. The van der Waals surface area contributed by atoms with Crippen LogP contribution < -0.4 is 16.8 Å². The van der Waals surface area contributed by atoms with Gasteiger partial charge in [0.1, 0.15) is 0 Å². The number of primary amides is 2. The first-order chi connectivity index (χ1) is 8.81. The summed E-state index contributed by atoms with van der Waals surface area (Å²) in [4.78, 5) is 33.4. The second-order valence-corrected chi connectivity index (χ2v) is 4.54. The van der Waals surface area contributed by atoms with Gasteiger partial charge >= 0.3 is 0 Å². The zero-order valence-corrected chi connectivity index (χ0v) is 11.2. The van der Waals surface area contributed by atoms with Gasteiger partial charge in [-0.2, -0.15) is 0 Å². The summed E-state index contributed by atoms with van der Waals surface area (Å²) < 4.78 is 0. The lowest BCUT2D eigenvalue weighted by atomic mass is 10.1.